The normalized spacial score (nSPS) is 12.1. The Bertz CT molecular complexity index is 3020. The van der Waals surface area contributed by atoms with Gasteiger partial charge in [0, 0.05) is 42.4 Å². The summed E-state index contributed by atoms with van der Waals surface area (Å²) in [6, 6.07) is 55.9. The second-order valence-electron chi connectivity index (χ2n) is 13.4. The molecule has 0 unspecified atom stereocenters. The summed E-state index contributed by atoms with van der Waals surface area (Å²) in [5.74, 6) is 2.01. The lowest BCUT2D eigenvalue weighted by Crippen LogP contribution is -2.00. The fourth-order valence-corrected chi connectivity index (χ4v) is 9.76. The van der Waals surface area contributed by atoms with Gasteiger partial charge in [-0.3, -0.25) is 0 Å². The molecule has 1 aliphatic carbocycles. The minimum Gasteiger partial charge on any atom is -0.236 e. The molecule has 0 radical (unpaired) electrons. The van der Waals surface area contributed by atoms with Gasteiger partial charge in [0.25, 0.3) is 0 Å². The molecule has 0 aliphatic heterocycles. The molecule has 10 aromatic rings. The third kappa shape index (κ3) is 5.18. The smallest absolute Gasteiger partial charge is 0.164 e. The van der Waals surface area contributed by atoms with Gasteiger partial charge in [-0.05, 0) is 76.2 Å². The molecule has 0 saturated heterocycles. The highest BCUT2D eigenvalue weighted by Gasteiger charge is 2.21. The van der Waals surface area contributed by atoms with Gasteiger partial charge in [0.2, 0.25) is 0 Å². The molecule has 3 heterocycles. The van der Waals surface area contributed by atoms with Gasteiger partial charge >= 0.3 is 0 Å². The molecule has 0 amide bonds. The van der Waals surface area contributed by atoms with Crippen molar-refractivity contribution in [3.8, 4) is 67.0 Å². The van der Waals surface area contributed by atoms with Gasteiger partial charge in [0.15, 0.2) is 17.5 Å². The number of fused-ring (bicyclic) bond motifs is 7. The number of benzene rings is 7. The van der Waals surface area contributed by atoms with E-state index in [0.717, 1.165) is 39.2 Å². The van der Waals surface area contributed by atoms with Crippen LogP contribution in [0.25, 0.3) is 97.4 Å². The molecule has 4 nitrogen and oxygen atoms in total. The molecule has 7 aromatic carbocycles. The third-order valence-electron chi connectivity index (χ3n) is 10.2. The van der Waals surface area contributed by atoms with Crippen molar-refractivity contribution in [3.63, 3.8) is 0 Å². The summed E-state index contributed by atoms with van der Waals surface area (Å²) in [6.07, 6.45) is 0.951. The first-order chi connectivity index (χ1) is 26.2. The zero-order chi connectivity index (χ0) is 34.9. The lowest BCUT2D eigenvalue weighted by atomic mass is 10.00. The van der Waals surface area contributed by atoms with Crippen LogP contribution in [0.3, 0.4) is 0 Å². The van der Waals surface area contributed by atoms with E-state index in [0.29, 0.717) is 17.5 Å². The third-order valence-corrected chi connectivity index (χ3v) is 12.4. The fourth-order valence-electron chi connectivity index (χ4n) is 7.62. The van der Waals surface area contributed by atoms with Crippen molar-refractivity contribution in [2.45, 2.75) is 6.42 Å². The summed E-state index contributed by atoms with van der Waals surface area (Å²) in [6.45, 7) is 0. The van der Waals surface area contributed by atoms with E-state index >= 15 is 0 Å². The van der Waals surface area contributed by atoms with Crippen LogP contribution in [0.5, 0.6) is 0 Å². The first-order valence-electron chi connectivity index (χ1n) is 17.7. The number of thiazole rings is 1. The number of hydrogen-bond acceptors (Lipinski definition) is 6. The van der Waals surface area contributed by atoms with Crippen LogP contribution in [0.15, 0.2) is 158 Å². The van der Waals surface area contributed by atoms with Gasteiger partial charge < -0.3 is 0 Å². The standard InChI is InChI=1S/C47H28N4S2/c1-2-10-28(11-3-1)44-49-45(33-21-20-32-25-31-12-4-5-15-35(31)38(32)26-33)51-46(50-44)37-16-9-19-41-43(37)36-23-22-30(27-42(36)52-41)29-13-8-14-34(24-29)47-48-39-17-6-7-18-40(39)53-47/h1-24,26-27H,25H2. The van der Waals surface area contributed by atoms with E-state index in [2.05, 4.69) is 133 Å². The van der Waals surface area contributed by atoms with E-state index in [1.54, 1.807) is 11.3 Å². The van der Waals surface area contributed by atoms with Crippen LogP contribution in [-0.4, -0.2) is 19.9 Å². The molecule has 3 aromatic heterocycles. The van der Waals surface area contributed by atoms with Gasteiger partial charge in [-0.15, -0.1) is 22.7 Å². The Balaban J connectivity index is 1.03. The van der Waals surface area contributed by atoms with Crippen molar-refractivity contribution in [3.05, 3.63) is 169 Å². The molecular formula is C47H28N4S2. The van der Waals surface area contributed by atoms with Crippen molar-refractivity contribution in [1.29, 1.82) is 0 Å². The van der Waals surface area contributed by atoms with Crippen molar-refractivity contribution >= 4 is 53.1 Å². The number of nitrogens with zero attached hydrogens (tertiary/aromatic N) is 4. The number of thiophene rings is 1. The predicted molar refractivity (Wildman–Crippen MR) is 221 cm³/mol. The van der Waals surface area contributed by atoms with E-state index in [1.807, 2.05) is 35.6 Å². The van der Waals surface area contributed by atoms with Gasteiger partial charge in [-0.25, -0.2) is 19.9 Å². The molecule has 1 aliphatic rings. The quantitative estimate of drug-likeness (QED) is 0.178. The number of para-hydroxylation sites is 1. The monoisotopic (exact) mass is 712 g/mol. The van der Waals surface area contributed by atoms with Crippen LogP contribution in [0.1, 0.15) is 11.1 Å². The van der Waals surface area contributed by atoms with Gasteiger partial charge in [-0.2, -0.15) is 0 Å². The van der Waals surface area contributed by atoms with Crippen LogP contribution in [0.4, 0.5) is 0 Å². The van der Waals surface area contributed by atoms with E-state index in [9.17, 15) is 0 Å². The maximum Gasteiger partial charge on any atom is 0.164 e. The number of aromatic nitrogens is 4. The topological polar surface area (TPSA) is 51.6 Å². The highest BCUT2D eigenvalue weighted by atomic mass is 32.1. The minimum absolute atomic E-state index is 0.665. The van der Waals surface area contributed by atoms with Crippen molar-refractivity contribution in [2.75, 3.05) is 0 Å². The fraction of sp³-hybridized carbons (Fsp3) is 0.0213. The number of rotatable bonds is 5. The lowest BCUT2D eigenvalue weighted by Gasteiger charge is -2.11. The lowest BCUT2D eigenvalue weighted by molar-refractivity contribution is 1.08. The number of hydrogen-bond donors (Lipinski definition) is 0. The van der Waals surface area contributed by atoms with E-state index in [-0.39, 0.29) is 0 Å². The Kier molecular flexibility index (Phi) is 6.93. The Morgan fingerprint density at radius 3 is 1.98 bits per heavy atom. The molecular weight excluding hydrogens is 685 g/mol. The summed E-state index contributed by atoms with van der Waals surface area (Å²) in [4.78, 5) is 20.3. The molecule has 0 atom stereocenters. The molecule has 11 rings (SSSR count). The first-order valence-corrected chi connectivity index (χ1v) is 19.3. The SMILES string of the molecule is c1ccc(-c2nc(-c3ccc4c(c3)-c3ccccc3C4)nc(-c3cccc4sc5cc(-c6cccc(-c7nc8ccccc8s7)c6)ccc5c34)n2)cc1. The average Bonchev–Trinajstić information content (AvgIpc) is 3.94. The average molecular weight is 713 g/mol. The van der Waals surface area contributed by atoms with Crippen LogP contribution < -0.4 is 0 Å². The highest BCUT2D eigenvalue weighted by Crippen LogP contribution is 2.43. The second-order valence-corrected chi connectivity index (χ2v) is 15.6. The first kappa shape index (κ1) is 30.3. The van der Waals surface area contributed by atoms with Crippen molar-refractivity contribution in [1.82, 2.24) is 19.9 Å². The maximum atomic E-state index is 5.21. The van der Waals surface area contributed by atoms with E-state index in [4.69, 9.17) is 19.9 Å². The minimum atomic E-state index is 0.665. The summed E-state index contributed by atoms with van der Waals surface area (Å²) in [5, 5.41) is 3.40. The van der Waals surface area contributed by atoms with Crippen molar-refractivity contribution in [2.24, 2.45) is 0 Å². The molecule has 53 heavy (non-hydrogen) atoms. The van der Waals surface area contributed by atoms with Crippen molar-refractivity contribution < 1.29 is 0 Å². The molecule has 248 valence electrons. The highest BCUT2D eigenvalue weighted by molar-refractivity contribution is 7.26. The molecule has 0 saturated carbocycles. The van der Waals surface area contributed by atoms with Gasteiger partial charge in [0.05, 0.1) is 10.2 Å². The van der Waals surface area contributed by atoms with Crippen LogP contribution in [-0.2, 0) is 6.42 Å². The summed E-state index contributed by atoms with van der Waals surface area (Å²) in [5.41, 5.74) is 12.7. The zero-order valence-corrected chi connectivity index (χ0v) is 30.0. The Hall–Kier alpha value is -6.34. The van der Waals surface area contributed by atoms with Crippen LogP contribution >= 0.6 is 22.7 Å². The largest absolute Gasteiger partial charge is 0.236 e. The Labute approximate surface area is 313 Å². The van der Waals surface area contributed by atoms with E-state index < -0.39 is 0 Å². The zero-order valence-electron chi connectivity index (χ0n) is 28.3. The van der Waals surface area contributed by atoms with Crippen LogP contribution in [0.2, 0.25) is 0 Å². The van der Waals surface area contributed by atoms with E-state index in [1.165, 1.54) is 58.3 Å². The Morgan fingerprint density at radius 2 is 1.06 bits per heavy atom. The maximum absolute atomic E-state index is 5.21. The summed E-state index contributed by atoms with van der Waals surface area (Å²) in [7, 11) is 0. The second kappa shape index (κ2) is 12.1. The summed E-state index contributed by atoms with van der Waals surface area (Å²) < 4.78 is 3.63. The molecule has 0 bridgehead atoms. The van der Waals surface area contributed by atoms with Crippen LogP contribution in [0, 0.1) is 0 Å². The molecule has 0 fully saturated rings. The predicted octanol–water partition coefficient (Wildman–Crippen LogP) is 12.8. The van der Waals surface area contributed by atoms with Gasteiger partial charge in [0.1, 0.15) is 5.01 Å². The molecule has 6 heteroatoms. The molecule has 0 N–H and O–H groups in total. The van der Waals surface area contributed by atoms with Gasteiger partial charge in [-0.1, -0.05) is 121 Å². The molecule has 0 spiro atoms. The summed E-state index contributed by atoms with van der Waals surface area (Å²) >= 11 is 3.54. The Morgan fingerprint density at radius 1 is 0.377 bits per heavy atom.